The van der Waals surface area contributed by atoms with E-state index in [9.17, 15) is 18.0 Å². The van der Waals surface area contributed by atoms with E-state index in [2.05, 4.69) is 5.32 Å². The first-order valence-corrected chi connectivity index (χ1v) is 14.2. The number of nitrogens with one attached hydrogen (secondary N) is 1. The normalized spacial score (nSPS) is 12.2. The fraction of sp³-hybridized carbons (Fsp3) is 0.440. The summed E-state index contributed by atoms with van der Waals surface area (Å²) in [6, 6.07) is 10.5. The van der Waals surface area contributed by atoms with Crippen LogP contribution in [0.3, 0.4) is 0 Å². The van der Waals surface area contributed by atoms with Crippen molar-refractivity contribution in [2.45, 2.75) is 40.3 Å². The van der Waals surface area contributed by atoms with E-state index in [0.717, 1.165) is 10.6 Å². The molecule has 0 aliphatic rings. The van der Waals surface area contributed by atoms with Gasteiger partial charge in [-0.15, -0.1) is 0 Å². The van der Waals surface area contributed by atoms with Gasteiger partial charge in [-0.05, 0) is 61.7 Å². The van der Waals surface area contributed by atoms with Crippen LogP contribution in [0.15, 0.2) is 42.5 Å². The molecule has 2 aromatic rings. The maximum atomic E-state index is 13.5. The molecule has 0 saturated heterocycles. The third-order valence-electron chi connectivity index (χ3n) is 5.30. The molecule has 0 fully saturated rings. The molecule has 1 N–H and O–H groups in total. The van der Waals surface area contributed by atoms with E-state index in [1.807, 2.05) is 20.8 Å². The molecule has 2 amide bonds. The van der Waals surface area contributed by atoms with Crippen molar-refractivity contribution in [2.75, 3.05) is 30.3 Å². The lowest BCUT2D eigenvalue weighted by molar-refractivity contribution is -0.139. The lowest BCUT2D eigenvalue weighted by Crippen LogP contribution is -2.51. The summed E-state index contributed by atoms with van der Waals surface area (Å²) in [5.74, 6) is -0.0878. The SMILES string of the molecule is CCOc1ccc(N(CC(=O)N(Cc2ccc(Cl)c(Cl)c2)C(C)C(=O)NCC(C)C)S(C)(=O)=O)cc1. The predicted octanol–water partition coefficient (Wildman–Crippen LogP) is 4.35. The van der Waals surface area contributed by atoms with Crippen LogP contribution in [0.4, 0.5) is 5.69 Å². The number of benzene rings is 2. The summed E-state index contributed by atoms with van der Waals surface area (Å²) >= 11 is 12.2. The van der Waals surface area contributed by atoms with E-state index in [0.29, 0.717) is 40.2 Å². The van der Waals surface area contributed by atoms with Crippen molar-refractivity contribution in [3.8, 4) is 5.75 Å². The lowest BCUT2D eigenvalue weighted by atomic mass is 10.1. The van der Waals surface area contributed by atoms with Crippen LogP contribution >= 0.6 is 23.2 Å². The number of ether oxygens (including phenoxy) is 1. The molecule has 0 spiro atoms. The van der Waals surface area contributed by atoms with Gasteiger partial charge < -0.3 is 15.0 Å². The van der Waals surface area contributed by atoms with E-state index in [-0.39, 0.29) is 18.4 Å². The minimum absolute atomic E-state index is 0.0346. The van der Waals surface area contributed by atoms with Crippen molar-refractivity contribution in [1.82, 2.24) is 10.2 Å². The lowest BCUT2D eigenvalue weighted by Gasteiger charge is -2.31. The Morgan fingerprint density at radius 3 is 2.19 bits per heavy atom. The zero-order chi connectivity index (χ0) is 27.0. The first kappa shape index (κ1) is 29.7. The molecule has 1 atom stereocenters. The van der Waals surface area contributed by atoms with Crippen LogP contribution in [-0.2, 0) is 26.2 Å². The maximum Gasteiger partial charge on any atom is 0.244 e. The molecule has 0 bridgehead atoms. The molecule has 0 aromatic heterocycles. The van der Waals surface area contributed by atoms with E-state index in [1.165, 1.54) is 4.90 Å². The molecule has 198 valence electrons. The molecule has 0 saturated carbocycles. The summed E-state index contributed by atoms with van der Waals surface area (Å²) in [5.41, 5.74) is 0.953. The highest BCUT2D eigenvalue weighted by Gasteiger charge is 2.30. The van der Waals surface area contributed by atoms with E-state index in [4.69, 9.17) is 27.9 Å². The van der Waals surface area contributed by atoms with Crippen molar-refractivity contribution in [3.63, 3.8) is 0 Å². The molecule has 8 nitrogen and oxygen atoms in total. The Labute approximate surface area is 223 Å². The Kier molecular flexibility index (Phi) is 10.9. The van der Waals surface area contributed by atoms with Crippen molar-refractivity contribution >= 4 is 50.7 Å². The second kappa shape index (κ2) is 13.2. The predicted molar refractivity (Wildman–Crippen MR) is 144 cm³/mol. The summed E-state index contributed by atoms with van der Waals surface area (Å²) in [5, 5.41) is 3.50. The summed E-state index contributed by atoms with van der Waals surface area (Å²) in [7, 11) is -3.82. The largest absolute Gasteiger partial charge is 0.494 e. The van der Waals surface area contributed by atoms with E-state index in [1.54, 1.807) is 49.4 Å². The van der Waals surface area contributed by atoms with Crippen LogP contribution in [0.1, 0.15) is 33.3 Å². The number of amides is 2. The van der Waals surface area contributed by atoms with E-state index < -0.39 is 28.5 Å². The average Bonchev–Trinajstić information content (AvgIpc) is 2.81. The molecule has 2 aromatic carbocycles. The molecule has 11 heteroatoms. The van der Waals surface area contributed by atoms with Crippen LogP contribution in [-0.4, -0.2) is 57.1 Å². The van der Waals surface area contributed by atoms with Crippen LogP contribution in [0, 0.1) is 5.92 Å². The molecule has 0 radical (unpaired) electrons. The zero-order valence-corrected chi connectivity index (χ0v) is 23.5. The molecule has 0 heterocycles. The van der Waals surface area contributed by atoms with Crippen molar-refractivity contribution in [2.24, 2.45) is 5.92 Å². The Balaban J connectivity index is 2.37. The topological polar surface area (TPSA) is 96.0 Å². The first-order valence-electron chi connectivity index (χ1n) is 11.5. The molecule has 1 unspecified atom stereocenters. The molecule has 36 heavy (non-hydrogen) atoms. The molecule has 0 aliphatic carbocycles. The zero-order valence-electron chi connectivity index (χ0n) is 21.1. The summed E-state index contributed by atoms with van der Waals surface area (Å²) in [4.78, 5) is 27.7. The van der Waals surface area contributed by atoms with Gasteiger partial charge in [0.15, 0.2) is 0 Å². The fourth-order valence-electron chi connectivity index (χ4n) is 3.36. The van der Waals surface area contributed by atoms with Gasteiger partial charge in [0.25, 0.3) is 0 Å². The number of rotatable bonds is 12. The van der Waals surface area contributed by atoms with Gasteiger partial charge in [0.2, 0.25) is 21.8 Å². The summed E-state index contributed by atoms with van der Waals surface area (Å²) in [6.07, 6.45) is 1.03. The van der Waals surface area contributed by atoms with Gasteiger partial charge in [-0.2, -0.15) is 0 Å². The highest BCUT2D eigenvalue weighted by Crippen LogP contribution is 2.25. The van der Waals surface area contributed by atoms with Crippen molar-refractivity contribution < 1.29 is 22.7 Å². The number of sulfonamides is 1. The number of hydrogen-bond acceptors (Lipinski definition) is 5. The molecular formula is C25H33Cl2N3O5S. The Morgan fingerprint density at radius 2 is 1.67 bits per heavy atom. The summed E-state index contributed by atoms with van der Waals surface area (Å²) < 4.78 is 31.7. The van der Waals surface area contributed by atoms with Crippen LogP contribution in [0.25, 0.3) is 0 Å². The van der Waals surface area contributed by atoms with Crippen LogP contribution < -0.4 is 14.4 Å². The van der Waals surface area contributed by atoms with Crippen LogP contribution in [0.2, 0.25) is 10.0 Å². The summed E-state index contributed by atoms with van der Waals surface area (Å²) in [6.45, 7) is 7.83. The number of nitrogens with zero attached hydrogens (tertiary/aromatic N) is 2. The van der Waals surface area contributed by atoms with E-state index >= 15 is 0 Å². The first-order chi connectivity index (χ1) is 16.8. The van der Waals surface area contributed by atoms with Crippen molar-refractivity contribution in [1.29, 1.82) is 0 Å². The van der Waals surface area contributed by atoms with Crippen LogP contribution in [0.5, 0.6) is 5.75 Å². The minimum Gasteiger partial charge on any atom is -0.494 e. The highest BCUT2D eigenvalue weighted by atomic mass is 35.5. The molecular weight excluding hydrogens is 525 g/mol. The second-order valence-electron chi connectivity index (χ2n) is 8.78. The third kappa shape index (κ3) is 8.57. The highest BCUT2D eigenvalue weighted by molar-refractivity contribution is 7.92. The number of carbonyl (C=O) groups is 2. The van der Waals surface area contributed by atoms with Gasteiger partial charge in [0, 0.05) is 13.1 Å². The van der Waals surface area contributed by atoms with Gasteiger partial charge in [0.05, 0.1) is 28.6 Å². The number of carbonyl (C=O) groups excluding carboxylic acids is 2. The van der Waals surface area contributed by atoms with Gasteiger partial charge in [0.1, 0.15) is 18.3 Å². The number of anilines is 1. The van der Waals surface area contributed by atoms with Crippen molar-refractivity contribution in [3.05, 3.63) is 58.1 Å². The molecule has 2 rings (SSSR count). The third-order valence-corrected chi connectivity index (χ3v) is 7.18. The molecule has 0 aliphatic heterocycles. The Bertz CT molecular complexity index is 1160. The second-order valence-corrected chi connectivity index (χ2v) is 11.5. The van der Waals surface area contributed by atoms with Gasteiger partial charge in [-0.1, -0.05) is 43.1 Å². The van der Waals surface area contributed by atoms with Gasteiger partial charge >= 0.3 is 0 Å². The monoisotopic (exact) mass is 557 g/mol. The smallest absolute Gasteiger partial charge is 0.244 e. The van der Waals surface area contributed by atoms with Gasteiger partial charge in [-0.3, -0.25) is 13.9 Å². The quantitative estimate of drug-likeness (QED) is 0.418. The Morgan fingerprint density at radius 1 is 1.03 bits per heavy atom. The van der Waals surface area contributed by atoms with Gasteiger partial charge in [-0.25, -0.2) is 8.42 Å². The standard InChI is InChI=1S/C25H33Cl2N3O5S/c1-6-35-21-10-8-20(9-11-21)30(36(5,33)34)16-24(31)29(18(4)25(32)28-14-17(2)3)15-19-7-12-22(26)23(27)13-19/h7-13,17-18H,6,14-16H2,1-5H3,(H,28,32). The number of hydrogen-bond donors (Lipinski definition) is 1. The fourth-order valence-corrected chi connectivity index (χ4v) is 4.53. The average molecular weight is 559 g/mol. The Hall–Kier alpha value is -2.49. The maximum absolute atomic E-state index is 13.5. The minimum atomic E-state index is -3.82. The number of halogens is 2.